The Balaban J connectivity index is 1.93. The molecule has 0 amide bonds. The van der Waals surface area contributed by atoms with E-state index in [9.17, 15) is 0 Å². The van der Waals surface area contributed by atoms with Crippen molar-refractivity contribution in [2.45, 2.75) is 13.3 Å². The first kappa shape index (κ1) is 10.2. The van der Waals surface area contributed by atoms with Crippen LogP contribution in [0.3, 0.4) is 0 Å². The Kier molecular flexibility index (Phi) is 2.49. The van der Waals surface area contributed by atoms with E-state index in [0.717, 1.165) is 28.0 Å². The molecule has 0 radical (unpaired) electrons. The first-order valence-corrected chi connectivity index (χ1v) is 6.11. The van der Waals surface area contributed by atoms with Crippen LogP contribution in [0.25, 0.3) is 17.1 Å². The van der Waals surface area contributed by atoms with E-state index in [4.69, 9.17) is 4.42 Å². The highest BCUT2D eigenvalue weighted by Gasteiger charge is 2.08. The van der Waals surface area contributed by atoms with Crippen LogP contribution < -0.4 is 0 Å². The van der Waals surface area contributed by atoms with Gasteiger partial charge in [0.25, 0.3) is 0 Å². The van der Waals surface area contributed by atoms with Crippen molar-refractivity contribution in [3.8, 4) is 0 Å². The van der Waals surface area contributed by atoms with E-state index in [2.05, 4.69) is 15.3 Å². The molecule has 3 heterocycles. The van der Waals surface area contributed by atoms with Crippen LogP contribution in [0.5, 0.6) is 0 Å². The van der Waals surface area contributed by atoms with Crippen molar-refractivity contribution in [2.75, 3.05) is 0 Å². The number of fused-ring (bicyclic) bond motifs is 1. The Bertz CT molecular complexity index is 650. The van der Waals surface area contributed by atoms with Gasteiger partial charge < -0.3 is 4.42 Å². The quantitative estimate of drug-likeness (QED) is 0.712. The Labute approximate surface area is 101 Å². The molecule has 0 aliphatic rings. The normalized spacial score (nSPS) is 11.8. The molecular formula is C11H10N4OS. The van der Waals surface area contributed by atoms with E-state index in [-0.39, 0.29) is 0 Å². The topological polar surface area (TPSA) is 56.2 Å². The van der Waals surface area contributed by atoms with Crippen LogP contribution in [0.1, 0.15) is 23.5 Å². The van der Waals surface area contributed by atoms with Gasteiger partial charge in [0, 0.05) is 6.42 Å². The summed E-state index contributed by atoms with van der Waals surface area (Å²) in [4.78, 5) is 0.820. The SMILES string of the molecule is CCc1nnc2sc(/C=C\c3ccco3)nn12. The molecule has 0 bridgehead atoms. The van der Waals surface area contributed by atoms with Gasteiger partial charge in [-0.2, -0.15) is 9.61 Å². The maximum Gasteiger partial charge on any atom is 0.234 e. The number of hydrogen-bond acceptors (Lipinski definition) is 5. The van der Waals surface area contributed by atoms with Gasteiger partial charge in [-0.05, 0) is 24.3 Å². The van der Waals surface area contributed by atoms with Crippen LogP contribution in [0, 0.1) is 0 Å². The molecule has 6 heteroatoms. The fraction of sp³-hybridized carbons (Fsp3) is 0.182. The minimum atomic E-state index is 0.812. The minimum Gasteiger partial charge on any atom is -0.465 e. The number of rotatable bonds is 3. The molecule has 0 spiro atoms. The molecule has 3 aromatic rings. The monoisotopic (exact) mass is 246 g/mol. The predicted octanol–water partition coefficient (Wildman–Crippen LogP) is 2.51. The Morgan fingerprint density at radius 1 is 1.41 bits per heavy atom. The maximum absolute atomic E-state index is 5.21. The average molecular weight is 246 g/mol. The highest BCUT2D eigenvalue weighted by Crippen LogP contribution is 2.16. The highest BCUT2D eigenvalue weighted by molar-refractivity contribution is 7.17. The largest absolute Gasteiger partial charge is 0.465 e. The van der Waals surface area contributed by atoms with Crippen LogP contribution >= 0.6 is 11.3 Å². The van der Waals surface area contributed by atoms with Gasteiger partial charge in [-0.1, -0.05) is 18.3 Å². The van der Waals surface area contributed by atoms with Gasteiger partial charge in [0.2, 0.25) is 4.96 Å². The number of furan rings is 1. The summed E-state index contributed by atoms with van der Waals surface area (Å²) in [6.07, 6.45) is 6.27. The summed E-state index contributed by atoms with van der Waals surface area (Å²) in [6.45, 7) is 2.04. The average Bonchev–Trinajstić information content (AvgIpc) is 3.02. The summed E-state index contributed by atoms with van der Waals surface area (Å²) >= 11 is 1.51. The zero-order valence-corrected chi connectivity index (χ0v) is 10.0. The van der Waals surface area contributed by atoms with Gasteiger partial charge in [0.15, 0.2) is 5.82 Å². The fourth-order valence-corrected chi connectivity index (χ4v) is 2.26. The van der Waals surface area contributed by atoms with Crippen molar-refractivity contribution in [3.05, 3.63) is 35.0 Å². The molecule has 86 valence electrons. The molecule has 0 aliphatic carbocycles. The molecular weight excluding hydrogens is 236 g/mol. The number of aromatic nitrogens is 4. The van der Waals surface area contributed by atoms with E-state index in [1.54, 1.807) is 10.8 Å². The van der Waals surface area contributed by atoms with E-state index < -0.39 is 0 Å². The third-order valence-electron chi connectivity index (χ3n) is 2.32. The van der Waals surface area contributed by atoms with Crippen molar-refractivity contribution in [1.82, 2.24) is 19.8 Å². The van der Waals surface area contributed by atoms with E-state index in [0.29, 0.717) is 0 Å². The fourth-order valence-electron chi connectivity index (χ4n) is 1.50. The lowest BCUT2D eigenvalue weighted by Gasteiger charge is -1.86. The van der Waals surface area contributed by atoms with Gasteiger partial charge in [0.1, 0.15) is 10.8 Å². The molecule has 3 rings (SSSR count). The zero-order valence-electron chi connectivity index (χ0n) is 9.20. The minimum absolute atomic E-state index is 0.812. The van der Waals surface area contributed by atoms with Crippen LogP contribution in [0.4, 0.5) is 0 Å². The van der Waals surface area contributed by atoms with E-state index in [1.807, 2.05) is 31.2 Å². The number of aryl methyl sites for hydroxylation is 1. The summed E-state index contributed by atoms with van der Waals surface area (Å²) in [5.41, 5.74) is 0. The van der Waals surface area contributed by atoms with Gasteiger partial charge in [0.05, 0.1) is 6.26 Å². The molecule has 0 N–H and O–H groups in total. The van der Waals surface area contributed by atoms with Crippen molar-refractivity contribution in [2.24, 2.45) is 0 Å². The molecule has 0 fully saturated rings. The lowest BCUT2D eigenvalue weighted by atomic mass is 10.4. The van der Waals surface area contributed by atoms with Crippen molar-refractivity contribution in [1.29, 1.82) is 0 Å². The number of nitrogens with zero attached hydrogens (tertiary/aromatic N) is 4. The standard InChI is InChI=1S/C11H10N4OS/c1-2-9-12-13-11-15(9)14-10(17-11)6-5-8-4-3-7-16-8/h3-7H,2H2,1H3/b6-5-. The van der Waals surface area contributed by atoms with E-state index >= 15 is 0 Å². The smallest absolute Gasteiger partial charge is 0.234 e. The Morgan fingerprint density at radius 2 is 2.35 bits per heavy atom. The second-order valence-electron chi connectivity index (χ2n) is 3.45. The molecule has 0 saturated carbocycles. The number of hydrogen-bond donors (Lipinski definition) is 0. The molecule has 0 aliphatic heterocycles. The van der Waals surface area contributed by atoms with Crippen molar-refractivity contribution in [3.63, 3.8) is 0 Å². The van der Waals surface area contributed by atoms with E-state index in [1.165, 1.54) is 11.3 Å². The second kappa shape index (κ2) is 4.14. The van der Waals surface area contributed by atoms with Crippen molar-refractivity contribution < 1.29 is 4.42 Å². The molecule has 0 aromatic carbocycles. The molecule has 17 heavy (non-hydrogen) atoms. The van der Waals surface area contributed by atoms with Crippen LogP contribution in [-0.4, -0.2) is 19.8 Å². The molecule has 0 unspecified atom stereocenters. The summed E-state index contributed by atoms with van der Waals surface area (Å²) in [7, 11) is 0. The molecule has 3 aromatic heterocycles. The third kappa shape index (κ3) is 1.87. The first-order chi connectivity index (χ1) is 8.36. The molecule has 5 nitrogen and oxygen atoms in total. The summed E-state index contributed by atoms with van der Waals surface area (Å²) in [5, 5.41) is 13.4. The van der Waals surface area contributed by atoms with Gasteiger partial charge in [-0.25, -0.2) is 0 Å². The Morgan fingerprint density at radius 3 is 3.12 bits per heavy atom. The summed E-state index contributed by atoms with van der Waals surface area (Å²) < 4.78 is 7.00. The Hall–Kier alpha value is -1.95. The second-order valence-corrected chi connectivity index (χ2v) is 4.44. The third-order valence-corrected chi connectivity index (χ3v) is 3.18. The summed E-state index contributed by atoms with van der Waals surface area (Å²) in [6, 6.07) is 3.75. The zero-order chi connectivity index (χ0) is 11.7. The van der Waals surface area contributed by atoms with Gasteiger partial charge in [-0.15, -0.1) is 10.2 Å². The molecule has 0 atom stereocenters. The predicted molar refractivity (Wildman–Crippen MR) is 65.7 cm³/mol. The van der Waals surface area contributed by atoms with Crippen molar-refractivity contribution >= 4 is 28.4 Å². The first-order valence-electron chi connectivity index (χ1n) is 5.29. The lowest BCUT2D eigenvalue weighted by Crippen LogP contribution is -1.92. The van der Waals surface area contributed by atoms with Gasteiger partial charge in [-0.3, -0.25) is 0 Å². The highest BCUT2D eigenvalue weighted by atomic mass is 32.1. The van der Waals surface area contributed by atoms with Crippen LogP contribution in [0.2, 0.25) is 0 Å². The summed E-state index contributed by atoms with van der Waals surface area (Å²) in [5.74, 6) is 1.69. The maximum atomic E-state index is 5.21. The lowest BCUT2D eigenvalue weighted by molar-refractivity contribution is 0.557. The molecule has 0 saturated heterocycles. The van der Waals surface area contributed by atoms with Gasteiger partial charge >= 0.3 is 0 Å². The van der Waals surface area contributed by atoms with Crippen LogP contribution in [-0.2, 0) is 6.42 Å². The van der Waals surface area contributed by atoms with Crippen LogP contribution in [0.15, 0.2) is 22.8 Å².